The van der Waals surface area contributed by atoms with E-state index in [0.29, 0.717) is 0 Å². The van der Waals surface area contributed by atoms with Crippen molar-refractivity contribution in [3.63, 3.8) is 0 Å². The van der Waals surface area contributed by atoms with E-state index < -0.39 is 11.9 Å². The van der Waals surface area contributed by atoms with Crippen LogP contribution in [0.4, 0.5) is 0 Å². The molecule has 0 aromatic heterocycles. The fraction of sp³-hybridized carbons (Fsp3) is 0.875. The molecule has 0 aliphatic rings. The third-order valence-electron chi connectivity index (χ3n) is 3.25. The van der Waals surface area contributed by atoms with Crippen molar-refractivity contribution in [3.05, 3.63) is 0 Å². The first-order valence-corrected chi connectivity index (χ1v) is 7.89. The molecule has 4 nitrogen and oxygen atoms in total. The first-order chi connectivity index (χ1) is 9.44. The van der Waals surface area contributed by atoms with Crippen molar-refractivity contribution in [2.75, 3.05) is 0 Å². The van der Waals surface area contributed by atoms with Gasteiger partial charge in [0, 0.05) is 0 Å². The molecule has 0 atom stereocenters. The monoisotopic (exact) mass is 312 g/mol. The summed E-state index contributed by atoms with van der Waals surface area (Å²) in [5.74, 6) is -1.47. The molecular formula is C16H33NaO4. The van der Waals surface area contributed by atoms with E-state index in [1.54, 1.807) is 0 Å². The van der Waals surface area contributed by atoms with Gasteiger partial charge in [-0.25, -0.2) is 0 Å². The Labute approximate surface area is 152 Å². The molecule has 5 heteroatoms. The zero-order valence-electron chi connectivity index (χ0n) is 13.5. The van der Waals surface area contributed by atoms with Crippen molar-refractivity contribution < 1.29 is 19.8 Å². The molecule has 0 bridgehead atoms. The Morgan fingerprint density at radius 3 is 0.952 bits per heavy atom. The van der Waals surface area contributed by atoms with E-state index in [-0.39, 0.29) is 41.4 Å². The predicted molar refractivity (Wildman–Crippen MR) is 89.0 cm³/mol. The molecule has 0 saturated heterocycles. The molecule has 0 rings (SSSR count). The molecular weight excluding hydrogens is 279 g/mol. The summed E-state index contributed by atoms with van der Waals surface area (Å²) in [5, 5.41) is 17.3. The summed E-state index contributed by atoms with van der Waals surface area (Å²) in [6.07, 6.45) is 7.17. The summed E-state index contributed by atoms with van der Waals surface area (Å²) < 4.78 is 0. The van der Waals surface area contributed by atoms with Gasteiger partial charge in [-0.1, -0.05) is 53.4 Å². The molecule has 0 saturated carbocycles. The van der Waals surface area contributed by atoms with E-state index in [2.05, 4.69) is 0 Å². The maximum atomic E-state index is 10.5. The Morgan fingerprint density at radius 1 is 0.667 bits per heavy atom. The second-order valence-electron chi connectivity index (χ2n) is 5.23. The second kappa shape index (κ2) is 18.0. The Morgan fingerprint density at radius 2 is 0.857 bits per heavy atom. The number of carboxylic acid groups (broad SMARTS) is 2. The number of hydrogen-bond acceptors (Lipinski definition) is 2. The first kappa shape index (κ1) is 25.9. The number of rotatable bonds is 10. The molecule has 0 aliphatic carbocycles. The zero-order chi connectivity index (χ0) is 16.0. The van der Waals surface area contributed by atoms with E-state index >= 15 is 0 Å². The van der Waals surface area contributed by atoms with Crippen molar-refractivity contribution in [2.24, 2.45) is 11.8 Å². The molecule has 0 aliphatic heterocycles. The summed E-state index contributed by atoms with van der Waals surface area (Å²) in [6.45, 7) is 8.08. The van der Waals surface area contributed by atoms with Crippen molar-refractivity contribution in [1.29, 1.82) is 0 Å². The van der Waals surface area contributed by atoms with Crippen LogP contribution >= 0.6 is 0 Å². The fourth-order valence-electron chi connectivity index (χ4n) is 2.18. The van der Waals surface area contributed by atoms with E-state index in [0.717, 1.165) is 51.4 Å². The van der Waals surface area contributed by atoms with Crippen molar-refractivity contribution >= 4 is 41.5 Å². The van der Waals surface area contributed by atoms with Crippen LogP contribution in [-0.4, -0.2) is 51.7 Å². The van der Waals surface area contributed by atoms with E-state index in [9.17, 15) is 9.59 Å². The molecule has 0 aromatic carbocycles. The van der Waals surface area contributed by atoms with Gasteiger partial charge in [-0.2, -0.15) is 0 Å². The molecule has 0 unspecified atom stereocenters. The van der Waals surface area contributed by atoms with Crippen LogP contribution < -0.4 is 0 Å². The van der Waals surface area contributed by atoms with Crippen molar-refractivity contribution in [1.82, 2.24) is 0 Å². The molecule has 0 amide bonds. The molecule has 122 valence electrons. The third-order valence-corrected chi connectivity index (χ3v) is 3.25. The Kier molecular flexibility index (Phi) is 22.2. The molecule has 0 fully saturated rings. The van der Waals surface area contributed by atoms with Gasteiger partial charge in [0.2, 0.25) is 0 Å². The topological polar surface area (TPSA) is 74.6 Å². The summed E-state index contributed by atoms with van der Waals surface area (Å²) in [4.78, 5) is 21.0. The van der Waals surface area contributed by atoms with Gasteiger partial charge in [0.05, 0.1) is 11.8 Å². The quantitative estimate of drug-likeness (QED) is 0.599. The molecule has 0 heterocycles. The molecule has 0 aromatic rings. The van der Waals surface area contributed by atoms with Gasteiger partial charge in [-0.05, 0) is 25.7 Å². The van der Waals surface area contributed by atoms with Crippen LogP contribution in [0.1, 0.15) is 79.1 Å². The number of aliphatic carboxylic acids is 2. The molecule has 2 N–H and O–H groups in total. The average Bonchev–Trinajstić information content (AvgIpc) is 2.38. The van der Waals surface area contributed by atoms with E-state index in [4.69, 9.17) is 10.2 Å². The van der Waals surface area contributed by atoms with Crippen LogP contribution in [0.3, 0.4) is 0 Å². The molecule has 0 spiro atoms. The van der Waals surface area contributed by atoms with Gasteiger partial charge in [0.25, 0.3) is 0 Å². The fourth-order valence-corrected chi connectivity index (χ4v) is 2.18. The van der Waals surface area contributed by atoms with Crippen molar-refractivity contribution in [2.45, 2.75) is 79.1 Å². The van der Waals surface area contributed by atoms with E-state index in [1.165, 1.54) is 0 Å². The van der Waals surface area contributed by atoms with Crippen LogP contribution in [0.25, 0.3) is 0 Å². The van der Waals surface area contributed by atoms with E-state index in [1.807, 2.05) is 27.7 Å². The summed E-state index contributed by atoms with van der Waals surface area (Å²) in [6, 6.07) is 0. The van der Waals surface area contributed by atoms with Crippen LogP contribution in [0, 0.1) is 11.8 Å². The number of hydrogen-bond donors (Lipinski definition) is 2. The molecule has 0 radical (unpaired) electrons. The van der Waals surface area contributed by atoms with Crippen LogP contribution in [0.2, 0.25) is 0 Å². The van der Waals surface area contributed by atoms with Crippen LogP contribution in [0.5, 0.6) is 0 Å². The third kappa shape index (κ3) is 16.1. The Balaban J connectivity index is -0.000000295. The number of carbonyl (C=O) groups is 2. The van der Waals surface area contributed by atoms with Gasteiger partial charge in [0.15, 0.2) is 0 Å². The second-order valence-corrected chi connectivity index (χ2v) is 5.23. The Hall–Kier alpha value is -0.0600. The van der Waals surface area contributed by atoms with Gasteiger partial charge >= 0.3 is 41.5 Å². The van der Waals surface area contributed by atoms with Crippen LogP contribution in [0.15, 0.2) is 0 Å². The summed E-state index contributed by atoms with van der Waals surface area (Å²) in [5.41, 5.74) is 0. The Bertz CT molecular complexity index is 219. The minimum atomic E-state index is -0.635. The van der Waals surface area contributed by atoms with Gasteiger partial charge in [0.1, 0.15) is 0 Å². The summed E-state index contributed by atoms with van der Waals surface area (Å²) in [7, 11) is 0. The van der Waals surface area contributed by atoms with Gasteiger partial charge in [-0.3, -0.25) is 9.59 Å². The van der Waals surface area contributed by atoms with Gasteiger partial charge < -0.3 is 10.2 Å². The van der Waals surface area contributed by atoms with Gasteiger partial charge in [-0.15, -0.1) is 0 Å². The summed E-state index contributed by atoms with van der Waals surface area (Å²) >= 11 is 0. The van der Waals surface area contributed by atoms with Crippen LogP contribution in [-0.2, 0) is 9.59 Å². The normalized spacial score (nSPS) is 9.81. The predicted octanol–water partition coefficient (Wildman–Crippen LogP) is 3.93. The van der Waals surface area contributed by atoms with Crippen molar-refractivity contribution in [3.8, 4) is 0 Å². The minimum absolute atomic E-state index is 0. The SMILES string of the molecule is CCCC(CCC)C(=O)O.CCCC(CCC)C(=O)O.[NaH]. The molecule has 21 heavy (non-hydrogen) atoms. The number of carboxylic acids is 2. The zero-order valence-corrected chi connectivity index (χ0v) is 13.5. The average molecular weight is 312 g/mol. The first-order valence-electron chi connectivity index (χ1n) is 7.89. The standard InChI is InChI=1S/2C8H16O2.Na.H/c2*1-3-5-7(6-4-2)8(9)10;;/h2*7H,3-6H2,1-2H3,(H,9,10);;. The maximum absolute atomic E-state index is 10.5.